The molecule has 0 saturated heterocycles. The fourth-order valence-electron chi connectivity index (χ4n) is 1.60. The summed E-state index contributed by atoms with van der Waals surface area (Å²) < 4.78 is 5.00. The lowest BCUT2D eigenvalue weighted by molar-refractivity contribution is -0.121. The van der Waals surface area contributed by atoms with Crippen LogP contribution in [0.4, 0.5) is 5.69 Å². The first-order chi connectivity index (χ1) is 9.35. The van der Waals surface area contributed by atoms with E-state index in [1.807, 2.05) is 0 Å². The molecule has 0 spiro atoms. The number of nitrogen functional groups attached to an aromatic ring is 1. The van der Waals surface area contributed by atoms with Gasteiger partial charge >= 0.3 is 0 Å². The topological polar surface area (TPSA) is 142 Å². The summed E-state index contributed by atoms with van der Waals surface area (Å²) in [6.45, 7) is -0.817. The number of nitrogens with zero attached hydrogens (tertiary/aromatic N) is 1. The van der Waals surface area contributed by atoms with Gasteiger partial charge in [0.15, 0.2) is 0 Å². The molecule has 3 amide bonds. The second-order valence-electron chi connectivity index (χ2n) is 4.05. The molecule has 20 heavy (non-hydrogen) atoms. The van der Waals surface area contributed by atoms with Gasteiger partial charge in [-0.2, -0.15) is 0 Å². The molecule has 0 aliphatic carbocycles. The summed E-state index contributed by atoms with van der Waals surface area (Å²) in [6.07, 6.45) is 0. The molecule has 0 fully saturated rings. The quantitative estimate of drug-likeness (QED) is 0.554. The Morgan fingerprint density at radius 3 is 2.15 bits per heavy atom. The minimum Gasteiger partial charge on any atom is -0.495 e. The highest BCUT2D eigenvalue weighted by Crippen LogP contribution is 2.22. The van der Waals surface area contributed by atoms with E-state index in [1.165, 1.54) is 25.3 Å². The largest absolute Gasteiger partial charge is 0.495 e. The number of nitrogens with two attached hydrogens (primary N) is 3. The van der Waals surface area contributed by atoms with Crippen molar-refractivity contribution < 1.29 is 19.1 Å². The van der Waals surface area contributed by atoms with Gasteiger partial charge in [-0.15, -0.1) is 0 Å². The van der Waals surface area contributed by atoms with Crippen LogP contribution in [0.25, 0.3) is 0 Å². The smallest absolute Gasteiger partial charge is 0.254 e. The number of rotatable bonds is 6. The summed E-state index contributed by atoms with van der Waals surface area (Å²) in [6, 6.07) is 4.35. The maximum Gasteiger partial charge on any atom is 0.254 e. The third-order valence-electron chi connectivity index (χ3n) is 2.46. The minimum absolute atomic E-state index is 0.207. The Bertz CT molecular complexity index is 528. The molecule has 8 nitrogen and oxygen atoms in total. The molecular weight excluding hydrogens is 264 g/mol. The molecule has 1 aromatic carbocycles. The zero-order valence-electron chi connectivity index (χ0n) is 11.0. The predicted molar refractivity (Wildman–Crippen MR) is 71.7 cm³/mol. The van der Waals surface area contributed by atoms with E-state index in [2.05, 4.69) is 0 Å². The van der Waals surface area contributed by atoms with Crippen molar-refractivity contribution in [3.63, 3.8) is 0 Å². The molecule has 1 rings (SSSR count). The Hall–Kier alpha value is -2.77. The van der Waals surface area contributed by atoms with Crippen molar-refractivity contribution in [2.75, 3.05) is 25.9 Å². The lowest BCUT2D eigenvalue weighted by atomic mass is 10.1. The summed E-state index contributed by atoms with van der Waals surface area (Å²) in [5.41, 5.74) is 16.3. The van der Waals surface area contributed by atoms with E-state index in [-0.39, 0.29) is 5.56 Å². The second kappa shape index (κ2) is 6.41. The van der Waals surface area contributed by atoms with Crippen LogP contribution >= 0.6 is 0 Å². The molecule has 0 atom stereocenters. The maximum absolute atomic E-state index is 12.2. The summed E-state index contributed by atoms with van der Waals surface area (Å²) in [7, 11) is 1.41. The van der Waals surface area contributed by atoms with Gasteiger partial charge < -0.3 is 26.8 Å². The van der Waals surface area contributed by atoms with Crippen LogP contribution in [0.15, 0.2) is 18.2 Å². The molecule has 0 heterocycles. The van der Waals surface area contributed by atoms with Crippen LogP contribution in [0.1, 0.15) is 10.4 Å². The van der Waals surface area contributed by atoms with E-state index in [0.29, 0.717) is 11.4 Å². The first kappa shape index (κ1) is 15.3. The van der Waals surface area contributed by atoms with Gasteiger partial charge in [0.25, 0.3) is 5.91 Å². The van der Waals surface area contributed by atoms with Crippen molar-refractivity contribution in [3.05, 3.63) is 23.8 Å². The molecule has 108 valence electrons. The van der Waals surface area contributed by atoms with Crippen molar-refractivity contribution in [3.8, 4) is 5.75 Å². The monoisotopic (exact) mass is 280 g/mol. The standard InChI is InChI=1S/C12H16N4O4/c1-20-9-4-7(2-3-8(9)13)12(19)16(5-10(14)17)6-11(15)18/h2-4H,5-6,13H2,1H3,(H2,14,17)(H2,15,18). The van der Waals surface area contributed by atoms with Gasteiger partial charge in [0.05, 0.1) is 12.8 Å². The van der Waals surface area contributed by atoms with Gasteiger partial charge in [0.2, 0.25) is 11.8 Å². The lowest BCUT2D eigenvalue weighted by Gasteiger charge is -2.20. The molecule has 0 aromatic heterocycles. The Kier molecular flexibility index (Phi) is 4.90. The van der Waals surface area contributed by atoms with Gasteiger partial charge in [-0.25, -0.2) is 0 Å². The summed E-state index contributed by atoms with van der Waals surface area (Å²) in [4.78, 5) is 35.0. The molecule has 6 N–H and O–H groups in total. The van der Waals surface area contributed by atoms with E-state index in [1.54, 1.807) is 0 Å². The van der Waals surface area contributed by atoms with Crippen molar-refractivity contribution >= 4 is 23.4 Å². The van der Waals surface area contributed by atoms with Crippen molar-refractivity contribution in [2.45, 2.75) is 0 Å². The normalized spacial score (nSPS) is 9.85. The van der Waals surface area contributed by atoms with Crippen molar-refractivity contribution in [2.24, 2.45) is 11.5 Å². The highest BCUT2D eigenvalue weighted by atomic mass is 16.5. The highest BCUT2D eigenvalue weighted by Gasteiger charge is 2.20. The van der Waals surface area contributed by atoms with Gasteiger partial charge in [0, 0.05) is 5.56 Å². The summed E-state index contributed by atoms with van der Waals surface area (Å²) in [5, 5.41) is 0. The number of hydrogen-bond donors (Lipinski definition) is 3. The minimum atomic E-state index is -0.748. The van der Waals surface area contributed by atoms with Gasteiger partial charge in [0.1, 0.15) is 18.8 Å². The maximum atomic E-state index is 12.2. The molecule has 0 unspecified atom stereocenters. The molecule has 8 heteroatoms. The third kappa shape index (κ3) is 3.87. The van der Waals surface area contributed by atoms with Gasteiger partial charge in [-0.1, -0.05) is 0 Å². The first-order valence-corrected chi connectivity index (χ1v) is 5.64. The molecule has 0 radical (unpaired) electrons. The van der Waals surface area contributed by atoms with E-state index in [9.17, 15) is 14.4 Å². The van der Waals surface area contributed by atoms with Crippen LogP contribution in [0.5, 0.6) is 5.75 Å². The Morgan fingerprint density at radius 2 is 1.70 bits per heavy atom. The number of amides is 3. The average Bonchev–Trinajstić information content (AvgIpc) is 2.36. The Morgan fingerprint density at radius 1 is 1.15 bits per heavy atom. The van der Waals surface area contributed by atoms with E-state index in [0.717, 1.165) is 4.90 Å². The second-order valence-corrected chi connectivity index (χ2v) is 4.05. The Balaban J connectivity index is 3.04. The number of ether oxygens (including phenoxy) is 1. The fourth-order valence-corrected chi connectivity index (χ4v) is 1.60. The summed E-state index contributed by atoms with van der Waals surface area (Å²) in [5.74, 6) is -1.75. The SMILES string of the molecule is COc1cc(C(=O)N(CC(N)=O)CC(N)=O)ccc1N. The number of hydrogen-bond acceptors (Lipinski definition) is 5. The number of benzene rings is 1. The number of primary amides is 2. The van der Waals surface area contributed by atoms with Gasteiger partial charge in [-0.3, -0.25) is 14.4 Å². The number of methoxy groups -OCH3 is 1. The van der Waals surface area contributed by atoms with Gasteiger partial charge in [-0.05, 0) is 18.2 Å². The molecular formula is C12H16N4O4. The van der Waals surface area contributed by atoms with Crippen LogP contribution in [-0.2, 0) is 9.59 Å². The van der Waals surface area contributed by atoms with Crippen molar-refractivity contribution in [1.29, 1.82) is 0 Å². The molecule has 0 aliphatic heterocycles. The summed E-state index contributed by atoms with van der Waals surface area (Å²) >= 11 is 0. The number of carbonyl (C=O) groups excluding carboxylic acids is 3. The lowest BCUT2D eigenvalue weighted by Crippen LogP contribution is -2.43. The highest BCUT2D eigenvalue weighted by molar-refractivity contribution is 5.99. The molecule has 0 bridgehead atoms. The van der Waals surface area contributed by atoms with Crippen molar-refractivity contribution in [1.82, 2.24) is 4.90 Å². The molecule has 1 aromatic rings. The average molecular weight is 280 g/mol. The number of carbonyl (C=O) groups is 3. The Labute approximate surface area is 115 Å². The first-order valence-electron chi connectivity index (χ1n) is 5.64. The number of anilines is 1. The van der Waals surface area contributed by atoms with E-state index < -0.39 is 30.8 Å². The zero-order chi connectivity index (χ0) is 15.3. The van der Waals surface area contributed by atoms with Crippen LogP contribution in [0.3, 0.4) is 0 Å². The van der Waals surface area contributed by atoms with Crippen LogP contribution in [-0.4, -0.2) is 42.8 Å². The molecule has 0 aliphatic rings. The van der Waals surface area contributed by atoms with E-state index in [4.69, 9.17) is 21.9 Å². The third-order valence-corrected chi connectivity index (χ3v) is 2.46. The zero-order valence-corrected chi connectivity index (χ0v) is 11.0. The predicted octanol–water partition coefficient (Wildman–Crippen LogP) is -1.31. The van der Waals surface area contributed by atoms with Crippen LogP contribution < -0.4 is 21.9 Å². The van der Waals surface area contributed by atoms with Crippen LogP contribution in [0, 0.1) is 0 Å². The van der Waals surface area contributed by atoms with E-state index >= 15 is 0 Å². The fraction of sp³-hybridized carbons (Fsp3) is 0.250. The van der Waals surface area contributed by atoms with Crippen LogP contribution in [0.2, 0.25) is 0 Å². The molecule has 0 saturated carbocycles.